The molecule has 8 rings (SSSR count). The first-order valence-corrected chi connectivity index (χ1v) is 21.2. The third-order valence-corrected chi connectivity index (χ3v) is 11.2. The summed E-state index contributed by atoms with van der Waals surface area (Å²) in [6.45, 7) is 23.2. The molecule has 3 nitrogen and oxygen atoms in total. The Morgan fingerprint density at radius 3 is 2.15 bits per heavy atom. The maximum Gasteiger partial charge on any atom is 0.138 e. The van der Waals surface area contributed by atoms with Gasteiger partial charge in [-0.15, -0.1) is 0 Å². The van der Waals surface area contributed by atoms with Crippen molar-refractivity contribution in [2.45, 2.75) is 73.3 Å². The average Bonchev–Trinajstić information content (AvgIpc) is 3.56. The Balaban J connectivity index is 0.000000204. The predicted molar refractivity (Wildman–Crippen MR) is 261 cm³/mol. The number of hydrogen-bond donors (Lipinski definition) is 0. The number of aryl methyl sites for hydroxylation is 1. The van der Waals surface area contributed by atoms with E-state index in [0.717, 1.165) is 41.1 Å². The topological polar surface area (TPSA) is 28.0 Å². The standard InChI is InChI=1S/C31H29N3.C23H24.C2H6/c1-5-12-22-19-29-26(17-21(22)6-2)27-18-23-13-8-9-14-24(23)20-30(27)34(29)31(33-7-3)25-15-10-11-16-28(25)32-4;1-4-5-6-9-19-12-13-22(17(2)14-19)23-16-21-11-8-7-10-20(21)15-18(23)3;1-2/h5-6,8-20,27,30H,2,4,7H2,1,3H3;4-11,14-16H,12-13H2,1-3H3;1-2H3/b12-5-,33-31?;5-4-,9-6-;. The van der Waals surface area contributed by atoms with E-state index in [1.165, 1.54) is 60.3 Å². The van der Waals surface area contributed by atoms with Crippen molar-refractivity contribution in [2.24, 2.45) is 9.98 Å². The number of rotatable bonds is 8. The van der Waals surface area contributed by atoms with Crippen molar-refractivity contribution in [3.8, 4) is 0 Å². The molecule has 0 fully saturated rings. The van der Waals surface area contributed by atoms with Crippen molar-refractivity contribution < 1.29 is 0 Å². The summed E-state index contributed by atoms with van der Waals surface area (Å²) >= 11 is 0. The number of hydrogen-bond acceptors (Lipinski definition) is 2. The molecule has 59 heavy (non-hydrogen) atoms. The van der Waals surface area contributed by atoms with Gasteiger partial charge in [-0.05, 0) is 150 Å². The van der Waals surface area contributed by atoms with E-state index in [9.17, 15) is 0 Å². The fourth-order valence-corrected chi connectivity index (χ4v) is 8.53. The molecule has 0 spiro atoms. The Morgan fingerprint density at radius 1 is 0.780 bits per heavy atom. The van der Waals surface area contributed by atoms with Crippen molar-refractivity contribution in [3.63, 3.8) is 0 Å². The second-order valence-electron chi connectivity index (χ2n) is 14.8. The zero-order chi connectivity index (χ0) is 41.9. The van der Waals surface area contributed by atoms with Gasteiger partial charge < -0.3 is 4.90 Å². The predicted octanol–water partition coefficient (Wildman–Crippen LogP) is 13.5. The van der Waals surface area contributed by atoms with E-state index < -0.39 is 0 Å². The van der Waals surface area contributed by atoms with E-state index >= 15 is 0 Å². The molecule has 3 heteroatoms. The molecule has 2 unspecified atom stereocenters. The van der Waals surface area contributed by atoms with Gasteiger partial charge in [0.2, 0.25) is 0 Å². The monoisotopic (exact) mass is 773 g/mol. The van der Waals surface area contributed by atoms with E-state index in [1.54, 1.807) is 0 Å². The largest absolute Gasteiger partial charge is 0.318 e. The fourth-order valence-electron chi connectivity index (χ4n) is 8.53. The van der Waals surface area contributed by atoms with Crippen molar-refractivity contribution in [1.29, 1.82) is 0 Å². The number of benzene rings is 5. The molecule has 5 aromatic rings. The maximum absolute atomic E-state index is 5.03. The third-order valence-electron chi connectivity index (χ3n) is 11.2. The van der Waals surface area contributed by atoms with Crippen LogP contribution in [-0.4, -0.2) is 25.1 Å². The summed E-state index contributed by atoms with van der Waals surface area (Å²) in [4.78, 5) is 11.7. The normalized spacial score (nSPS) is 17.0. The SMILES string of the molecule is C/C=C\C=C/C1=CC(C)=C(c2cc3ccccc3cc2C)CC1.C=Cc1cc2c(cc1/C=C\C)N(C(=NCC)c1ccccc1N=C)C1C=c3ccccc3=CC21.CC. The molecule has 0 saturated carbocycles. The minimum atomic E-state index is 0.117. The molecule has 3 aliphatic rings. The van der Waals surface area contributed by atoms with Crippen LogP contribution in [0.25, 0.3) is 40.6 Å². The van der Waals surface area contributed by atoms with E-state index in [2.05, 4.69) is 178 Å². The highest BCUT2D eigenvalue weighted by Gasteiger charge is 2.40. The summed E-state index contributed by atoms with van der Waals surface area (Å²) in [5.41, 5.74) is 13.7. The Labute approximate surface area is 353 Å². The van der Waals surface area contributed by atoms with Crippen molar-refractivity contribution >= 4 is 64.6 Å². The quantitative estimate of drug-likeness (QED) is 0.0877. The Morgan fingerprint density at radius 2 is 1.47 bits per heavy atom. The van der Waals surface area contributed by atoms with Crippen LogP contribution in [0, 0.1) is 6.92 Å². The zero-order valence-electron chi connectivity index (χ0n) is 36.0. The number of aliphatic imine (C=N–C) groups is 2. The van der Waals surface area contributed by atoms with Gasteiger partial charge in [-0.1, -0.05) is 148 Å². The highest BCUT2D eigenvalue weighted by atomic mass is 15.2. The van der Waals surface area contributed by atoms with Crippen LogP contribution >= 0.6 is 0 Å². The average molecular weight is 774 g/mol. The van der Waals surface area contributed by atoms with Gasteiger partial charge in [-0.3, -0.25) is 9.98 Å². The molecular weight excluding hydrogens is 715 g/mol. The summed E-state index contributed by atoms with van der Waals surface area (Å²) in [6, 6.07) is 34.7. The van der Waals surface area contributed by atoms with Crippen molar-refractivity contribution in [3.05, 3.63) is 195 Å². The van der Waals surface area contributed by atoms with Crippen LogP contribution in [0.5, 0.6) is 0 Å². The second kappa shape index (κ2) is 19.9. The fraction of sp³-hybridized carbons (Fsp3) is 0.214. The minimum Gasteiger partial charge on any atom is -0.318 e. The third kappa shape index (κ3) is 9.06. The number of anilines is 1. The molecular formula is C56H59N3. The van der Waals surface area contributed by atoms with Gasteiger partial charge in [0, 0.05) is 23.7 Å². The molecule has 0 saturated heterocycles. The smallest absolute Gasteiger partial charge is 0.138 e. The van der Waals surface area contributed by atoms with Crippen LogP contribution in [0.3, 0.4) is 0 Å². The van der Waals surface area contributed by atoms with Crippen LogP contribution in [0.1, 0.15) is 93.7 Å². The van der Waals surface area contributed by atoms with Crippen LogP contribution in [0.4, 0.5) is 11.4 Å². The minimum absolute atomic E-state index is 0.117. The molecule has 2 atom stereocenters. The molecule has 0 bridgehead atoms. The van der Waals surface area contributed by atoms with E-state index in [-0.39, 0.29) is 12.0 Å². The highest BCUT2D eigenvalue weighted by Crippen LogP contribution is 2.46. The molecule has 5 aromatic carbocycles. The number of fused-ring (bicyclic) bond motifs is 5. The molecule has 0 N–H and O–H groups in total. The Hall–Kier alpha value is -6.32. The molecule has 1 heterocycles. The number of amidine groups is 1. The maximum atomic E-state index is 5.03. The van der Waals surface area contributed by atoms with Crippen LogP contribution in [-0.2, 0) is 0 Å². The number of para-hydroxylation sites is 1. The highest BCUT2D eigenvalue weighted by molar-refractivity contribution is 6.15. The van der Waals surface area contributed by atoms with Gasteiger partial charge in [0.05, 0.1) is 11.7 Å². The second-order valence-corrected chi connectivity index (χ2v) is 14.8. The van der Waals surface area contributed by atoms with Gasteiger partial charge in [0.15, 0.2) is 0 Å². The lowest BCUT2D eigenvalue weighted by molar-refractivity contribution is 0.812. The first-order valence-electron chi connectivity index (χ1n) is 21.2. The van der Waals surface area contributed by atoms with Gasteiger partial charge in [0.1, 0.15) is 5.84 Å². The first-order chi connectivity index (χ1) is 28.9. The van der Waals surface area contributed by atoms with Crippen LogP contribution in [0.15, 0.2) is 161 Å². The Bertz CT molecular complexity index is 2660. The van der Waals surface area contributed by atoms with E-state index in [0.29, 0.717) is 6.54 Å². The summed E-state index contributed by atoms with van der Waals surface area (Å²) < 4.78 is 0. The van der Waals surface area contributed by atoms with Crippen LogP contribution in [0.2, 0.25) is 0 Å². The molecule has 0 aromatic heterocycles. The van der Waals surface area contributed by atoms with Crippen molar-refractivity contribution in [1.82, 2.24) is 0 Å². The molecule has 0 amide bonds. The lowest BCUT2D eigenvalue weighted by atomic mass is 9.85. The summed E-state index contributed by atoms with van der Waals surface area (Å²) in [5, 5.41) is 5.19. The van der Waals surface area contributed by atoms with Crippen LogP contribution < -0.4 is 15.3 Å². The molecule has 1 aliphatic heterocycles. The zero-order valence-corrected chi connectivity index (χ0v) is 36.0. The molecule has 298 valence electrons. The van der Waals surface area contributed by atoms with E-state index in [4.69, 9.17) is 4.99 Å². The number of allylic oxidation sites excluding steroid dienone is 9. The van der Waals surface area contributed by atoms with Gasteiger partial charge >= 0.3 is 0 Å². The summed E-state index contributed by atoms with van der Waals surface area (Å²) in [6.07, 6.45) is 24.1. The molecule has 2 aliphatic carbocycles. The Kier molecular flexibility index (Phi) is 14.3. The summed E-state index contributed by atoms with van der Waals surface area (Å²) in [5.74, 6) is 1.15. The van der Waals surface area contributed by atoms with Gasteiger partial charge in [0.25, 0.3) is 0 Å². The van der Waals surface area contributed by atoms with Gasteiger partial charge in [-0.25, -0.2) is 0 Å². The number of nitrogens with zero attached hydrogens (tertiary/aromatic N) is 3. The lowest BCUT2D eigenvalue weighted by Gasteiger charge is -2.30. The lowest BCUT2D eigenvalue weighted by Crippen LogP contribution is -2.43. The summed E-state index contributed by atoms with van der Waals surface area (Å²) in [7, 11) is 0. The molecule has 0 radical (unpaired) electrons. The van der Waals surface area contributed by atoms with Gasteiger partial charge in [-0.2, -0.15) is 0 Å². The van der Waals surface area contributed by atoms with E-state index in [1.807, 2.05) is 52.0 Å². The first kappa shape index (κ1) is 42.3. The van der Waals surface area contributed by atoms with Crippen molar-refractivity contribution in [2.75, 3.05) is 11.4 Å².